The van der Waals surface area contributed by atoms with Gasteiger partial charge in [0.1, 0.15) is 5.82 Å². The first kappa shape index (κ1) is 18.8. The average molecular weight is 408 g/mol. The van der Waals surface area contributed by atoms with Gasteiger partial charge in [-0.05, 0) is 23.8 Å². The van der Waals surface area contributed by atoms with E-state index in [0.29, 0.717) is 16.6 Å². The molecule has 0 aliphatic heterocycles. The lowest BCUT2D eigenvalue weighted by atomic mass is 10.1. The molecule has 2 aromatic rings. The molecule has 2 rings (SSSR count). The minimum Gasteiger partial charge on any atom is -0.454 e. The Morgan fingerprint density at radius 1 is 1.12 bits per heavy atom. The average Bonchev–Trinajstić information content (AvgIpc) is 2.60. The van der Waals surface area contributed by atoms with Gasteiger partial charge in [-0.25, -0.2) is 9.18 Å². The summed E-state index contributed by atoms with van der Waals surface area (Å²) < 4.78 is 19.0. The minimum atomic E-state index is -0.908. The van der Waals surface area contributed by atoms with Crippen LogP contribution in [-0.4, -0.2) is 24.3 Å². The van der Waals surface area contributed by atoms with Gasteiger partial charge in [-0.15, -0.1) is 0 Å². The summed E-state index contributed by atoms with van der Waals surface area (Å²) in [7, 11) is 0. The summed E-state index contributed by atoms with van der Waals surface area (Å²) >= 11 is 3.14. The lowest BCUT2D eigenvalue weighted by Gasteiger charge is -2.07. The van der Waals surface area contributed by atoms with E-state index in [9.17, 15) is 18.8 Å². The third-order valence-electron chi connectivity index (χ3n) is 3.30. The van der Waals surface area contributed by atoms with Crippen LogP contribution >= 0.6 is 15.9 Å². The molecule has 0 bridgehead atoms. The second-order valence-corrected chi connectivity index (χ2v) is 6.15. The second-order valence-electron chi connectivity index (χ2n) is 5.23. The molecule has 130 valence electrons. The van der Waals surface area contributed by atoms with Crippen LogP contribution in [0.15, 0.2) is 46.9 Å². The van der Waals surface area contributed by atoms with E-state index in [4.69, 9.17) is 4.74 Å². The highest BCUT2D eigenvalue weighted by molar-refractivity contribution is 9.10. The highest BCUT2D eigenvalue weighted by atomic mass is 79.9. The molecule has 1 N–H and O–H groups in total. The summed E-state index contributed by atoms with van der Waals surface area (Å²) in [5.74, 6) is -2.18. The number of esters is 1. The largest absolute Gasteiger partial charge is 0.454 e. The van der Waals surface area contributed by atoms with E-state index in [1.165, 1.54) is 19.1 Å². The number of amides is 1. The van der Waals surface area contributed by atoms with Crippen LogP contribution in [0.1, 0.15) is 33.2 Å². The van der Waals surface area contributed by atoms with Crippen molar-refractivity contribution in [1.29, 1.82) is 0 Å². The molecule has 0 atom stereocenters. The summed E-state index contributed by atoms with van der Waals surface area (Å²) in [6.07, 6.45) is 0. The van der Waals surface area contributed by atoms with Gasteiger partial charge in [0.05, 0.1) is 5.56 Å². The van der Waals surface area contributed by atoms with E-state index in [2.05, 4.69) is 21.2 Å². The molecule has 5 nitrogen and oxygen atoms in total. The van der Waals surface area contributed by atoms with Gasteiger partial charge in [0.2, 0.25) is 5.91 Å². The van der Waals surface area contributed by atoms with E-state index in [-0.39, 0.29) is 11.5 Å². The van der Waals surface area contributed by atoms with Crippen molar-refractivity contribution in [2.75, 3.05) is 6.61 Å². The molecule has 7 heteroatoms. The van der Waals surface area contributed by atoms with Crippen molar-refractivity contribution in [3.05, 3.63) is 69.4 Å². The van der Waals surface area contributed by atoms with Gasteiger partial charge >= 0.3 is 5.97 Å². The van der Waals surface area contributed by atoms with Crippen molar-refractivity contribution in [2.45, 2.75) is 13.5 Å². The third kappa shape index (κ3) is 5.49. The van der Waals surface area contributed by atoms with Gasteiger partial charge in [0, 0.05) is 23.5 Å². The molecule has 25 heavy (non-hydrogen) atoms. The lowest BCUT2D eigenvalue weighted by molar-refractivity contribution is -0.119. The quantitative estimate of drug-likeness (QED) is 0.589. The number of ether oxygens (including phenoxy) is 1. The molecular formula is C18H15BrFNO4. The highest BCUT2D eigenvalue weighted by Gasteiger charge is 2.16. The van der Waals surface area contributed by atoms with Crippen LogP contribution in [-0.2, 0) is 16.1 Å². The SMILES string of the molecule is CC(=O)NCc1ccc(C(=O)COC(=O)c2cc(Br)ccc2F)cc1. The van der Waals surface area contributed by atoms with Crippen molar-refractivity contribution in [3.63, 3.8) is 0 Å². The van der Waals surface area contributed by atoms with Crippen molar-refractivity contribution in [2.24, 2.45) is 0 Å². The van der Waals surface area contributed by atoms with Crippen molar-refractivity contribution < 1.29 is 23.5 Å². The molecule has 0 saturated heterocycles. The molecule has 0 unspecified atom stereocenters. The maximum atomic E-state index is 13.6. The van der Waals surface area contributed by atoms with Crippen LogP contribution in [0.2, 0.25) is 0 Å². The number of halogens is 2. The lowest BCUT2D eigenvalue weighted by Crippen LogP contribution is -2.19. The molecule has 0 spiro atoms. The fraction of sp³-hybridized carbons (Fsp3) is 0.167. The zero-order valence-corrected chi connectivity index (χ0v) is 14.9. The summed E-state index contributed by atoms with van der Waals surface area (Å²) in [6, 6.07) is 10.4. The Labute approximate surface area is 152 Å². The number of Topliss-reactive ketones (excluding diaryl/α,β-unsaturated/α-hetero) is 1. The van der Waals surface area contributed by atoms with Gasteiger partial charge in [0.25, 0.3) is 0 Å². The summed E-state index contributed by atoms with van der Waals surface area (Å²) in [6.45, 7) is 1.29. The Balaban J connectivity index is 1.94. The first-order valence-electron chi connectivity index (χ1n) is 7.35. The summed E-state index contributed by atoms with van der Waals surface area (Å²) in [5.41, 5.74) is 0.946. The third-order valence-corrected chi connectivity index (χ3v) is 3.79. The monoisotopic (exact) mass is 407 g/mol. The van der Waals surface area contributed by atoms with E-state index in [0.717, 1.165) is 11.6 Å². The predicted molar refractivity (Wildman–Crippen MR) is 92.7 cm³/mol. The Morgan fingerprint density at radius 2 is 1.80 bits per heavy atom. The molecule has 2 aromatic carbocycles. The molecule has 0 fully saturated rings. The number of hydrogen-bond acceptors (Lipinski definition) is 4. The normalized spacial score (nSPS) is 10.2. The first-order chi connectivity index (χ1) is 11.9. The summed E-state index contributed by atoms with van der Waals surface area (Å²) in [5, 5.41) is 2.65. The standard InChI is InChI=1S/C18H15BrFNO4/c1-11(22)21-9-12-2-4-13(5-3-12)17(23)10-25-18(24)15-8-14(19)6-7-16(15)20/h2-8H,9-10H2,1H3,(H,21,22). The molecule has 0 aliphatic carbocycles. The molecule has 1 amide bonds. The van der Waals surface area contributed by atoms with Gasteiger partial charge in [0.15, 0.2) is 12.4 Å². The molecule has 0 aliphatic rings. The van der Waals surface area contributed by atoms with Crippen molar-refractivity contribution in [1.82, 2.24) is 5.32 Å². The Kier molecular flexibility index (Phi) is 6.41. The number of hydrogen-bond donors (Lipinski definition) is 1. The Morgan fingerprint density at radius 3 is 2.44 bits per heavy atom. The maximum Gasteiger partial charge on any atom is 0.341 e. The van der Waals surface area contributed by atoms with E-state index < -0.39 is 24.2 Å². The van der Waals surface area contributed by atoms with Crippen LogP contribution in [0.25, 0.3) is 0 Å². The van der Waals surface area contributed by atoms with E-state index in [1.807, 2.05) is 0 Å². The van der Waals surface area contributed by atoms with Crippen LogP contribution in [0.3, 0.4) is 0 Å². The molecule has 0 saturated carbocycles. The van der Waals surface area contributed by atoms with Gasteiger partial charge in [-0.3, -0.25) is 9.59 Å². The number of carbonyl (C=O) groups is 3. The van der Waals surface area contributed by atoms with Gasteiger partial charge in [-0.1, -0.05) is 40.2 Å². The minimum absolute atomic E-state index is 0.146. The Bertz CT molecular complexity index is 805. The molecular weight excluding hydrogens is 393 g/mol. The van der Waals surface area contributed by atoms with Gasteiger partial charge in [-0.2, -0.15) is 0 Å². The smallest absolute Gasteiger partial charge is 0.341 e. The van der Waals surface area contributed by atoms with Gasteiger partial charge < -0.3 is 10.1 Å². The zero-order chi connectivity index (χ0) is 18.4. The molecule has 0 radical (unpaired) electrons. The van der Waals surface area contributed by atoms with Crippen LogP contribution in [0.5, 0.6) is 0 Å². The van der Waals surface area contributed by atoms with Crippen molar-refractivity contribution >= 4 is 33.6 Å². The van der Waals surface area contributed by atoms with Crippen LogP contribution in [0.4, 0.5) is 4.39 Å². The van der Waals surface area contributed by atoms with E-state index >= 15 is 0 Å². The fourth-order valence-corrected chi connectivity index (χ4v) is 2.34. The molecule has 0 aromatic heterocycles. The second kappa shape index (κ2) is 8.53. The number of nitrogens with one attached hydrogen (secondary N) is 1. The highest BCUT2D eigenvalue weighted by Crippen LogP contribution is 2.16. The summed E-state index contributed by atoms with van der Waals surface area (Å²) in [4.78, 5) is 34.8. The zero-order valence-electron chi connectivity index (χ0n) is 13.3. The van der Waals surface area contributed by atoms with Crippen molar-refractivity contribution in [3.8, 4) is 0 Å². The van der Waals surface area contributed by atoms with Crippen LogP contribution in [0, 0.1) is 5.82 Å². The topological polar surface area (TPSA) is 72.5 Å². The fourth-order valence-electron chi connectivity index (χ4n) is 1.98. The van der Waals surface area contributed by atoms with E-state index in [1.54, 1.807) is 24.3 Å². The number of benzene rings is 2. The van der Waals surface area contributed by atoms with Crippen LogP contribution < -0.4 is 5.32 Å². The Hall–Kier alpha value is -2.54. The predicted octanol–water partition coefficient (Wildman–Crippen LogP) is 3.26. The number of ketones is 1. The number of carbonyl (C=O) groups excluding carboxylic acids is 3. The first-order valence-corrected chi connectivity index (χ1v) is 8.15. The molecule has 0 heterocycles. The number of rotatable bonds is 6. The maximum absolute atomic E-state index is 13.6.